The molecule has 1 aromatic carbocycles. The first kappa shape index (κ1) is 16.4. The van der Waals surface area contributed by atoms with Gasteiger partial charge in [-0.3, -0.25) is 10.1 Å². The first-order valence-electron chi connectivity index (χ1n) is 5.94. The minimum absolute atomic E-state index is 0.0101. The van der Waals surface area contributed by atoms with Gasteiger partial charge >= 0.3 is 11.7 Å². The number of carbonyl (C=O) groups is 1. The van der Waals surface area contributed by atoms with Gasteiger partial charge in [-0.15, -0.1) is 0 Å². The van der Waals surface area contributed by atoms with Crippen LogP contribution in [0.1, 0.15) is 27.7 Å². The second-order valence-corrected chi connectivity index (χ2v) is 5.99. The maximum Gasteiger partial charge on any atom is 0.347 e. The summed E-state index contributed by atoms with van der Waals surface area (Å²) in [4.78, 5) is 22.2. The molecule has 0 aliphatic rings. The van der Waals surface area contributed by atoms with E-state index in [1.165, 1.54) is 19.1 Å². The van der Waals surface area contributed by atoms with Crippen LogP contribution >= 0.6 is 15.9 Å². The third kappa shape index (κ3) is 4.48. The topological polar surface area (TPSA) is 78.7 Å². The fourth-order valence-corrected chi connectivity index (χ4v) is 1.82. The third-order valence-corrected chi connectivity index (χ3v) is 2.80. The quantitative estimate of drug-likeness (QED) is 0.474. The van der Waals surface area contributed by atoms with E-state index in [9.17, 15) is 14.9 Å². The molecule has 0 spiro atoms. The van der Waals surface area contributed by atoms with E-state index in [1.54, 1.807) is 26.8 Å². The number of hydrogen-bond donors (Lipinski definition) is 0. The zero-order chi connectivity index (χ0) is 15.5. The van der Waals surface area contributed by atoms with Crippen molar-refractivity contribution in [2.75, 3.05) is 0 Å². The first-order chi connectivity index (χ1) is 9.11. The standard InChI is InChI=1S/C13H16BrNO5/c1-8(12(16)20-13(2,3)4)19-11-9(14)6-5-7-10(11)15(17)18/h5-8H,1-4H3. The molecule has 7 heteroatoms. The molecule has 0 fully saturated rings. The summed E-state index contributed by atoms with van der Waals surface area (Å²) in [5, 5.41) is 10.9. The molecule has 0 saturated carbocycles. The SMILES string of the molecule is CC(Oc1c(Br)cccc1[N+](=O)[O-])C(=O)OC(C)(C)C. The minimum Gasteiger partial charge on any atom is -0.471 e. The number of ether oxygens (including phenoxy) is 2. The third-order valence-electron chi connectivity index (χ3n) is 2.18. The van der Waals surface area contributed by atoms with E-state index < -0.39 is 22.6 Å². The van der Waals surface area contributed by atoms with Crippen LogP contribution in [0.25, 0.3) is 0 Å². The molecule has 1 rings (SSSR count). The molecule has 0 N–H and O–H groups in total. The lowest BCUT2D eigenvalue weighted by atomic mass is 10.2. The van der Waals surface area contributed by atoms with Gasteiger partial charge < -0.3 is 9.47 Å². The van der Waals surface area contributed by atoms with Crippen LogP contribution in [-0.2, 0) is 9.53 Å². The molecular weight excluding hydrogens is 330 g/mol. The molecule has 0 radical (unpaired) electrons. The van der Waals surface area contributed by atoms with Crippen molar-refractivity contribution in [3.63, 3.8) is 0 Å². The van der Waals surface area contributed by atoms with Crippen molar-refractivity contribution in [2.24, 2.45) is 0 Å². The summed E-state index contributed by atoms with van der Waals surface area (Å²) in [6.07, 6.45) is -0.952. The Bertz CT molecular complexity index is 524. The average Bonchev–Trinajstić information content (AvgIpc) is 2.28. The molecular formula is C13H16BrNO5. The number of rotatable bonds is 4. The first-order valence-corrected chi connectivity index (χ1v) is 6.73. The normalized spacial score (nSPS) is 12.7. The van der Waals surface area contributed by atoms with Gasteiger partial charge in [0.2, 0.25) is 5.75 Å². The second kappa shape index (κ2) is 6.21. The summed E-state index contributed by atoms with van der Waals surface area (Å²) < 4.78 is 10.9. The van der Waals surface area contributed by atoms with Gasteiger partial charge in [0.1, 0.15) is 5.60 Å². The van der Waals surface area contributed by atoms with Crippen LogP contribution in [0.3, 0.4) is 0 Å². The van der Waals surface area contributed by atoms with Crippen LogP contribution in [0.4, 0.5) is 5.69 Å². The smallest absolute Gasteiger partial charge is 0.347 e. The molecule has 0 aromatic heterocycles. The highest BCUT2D eigenvalue weighted by atomic mass is 79.9. The van der Waals surface area contributed by atoms with Gasteiger partial charge in [-0.1, -0.05) is 6.07 Å². The summed E-state index contributed by atoms with van der Waals surface area (Å²) in [6.45, 7) is 6.69. The fraction of sp³-hybridized carbons (Fsp3) is 0.462. The lowest BCUT2D eigenvalue weighted by Crippen LogP contribution is -2.33. The van der Waals surface area contributed by atoms with Gasteiger partial charge in [-0.25, -0.2) is 4.79 Å². The highest BCUT2D eigenvalue weighted by Gasteiger charge is 2.27. The Morgan fingerprint density at radius 2 is 2.00 bits per heavy atom. The summed E-state index contributed by atoms with van der Waals surface area (Å²) in [5.74, 6) is -0.571. The fourth-order valence-electron chi connectivity index (χ4n) is 1.37. The van der Waals surface area contributed by atoms with Crippen molar-refractivity contribution in [2.45, 2.75) is 39.4 Å². The molecule has 0 heterocycles. The monoisotopic (exact) mass is 345 g/mol. The number of esters is 1. The summed E-state index contributed by atoms with van der Waals surface area (Å²) in [7, 11) is 0. The van der Waals surface area contributed by atoms with Gasteiger partial charge in [0, 0.05) is 6.07 Å². The number of benzene rings is 1. The summed E-state index contributed by atoms with van der Waals surface area (Å²) in [6, 6.07) is 4.43. The van der Waals surface area contributed by atoms with Gasteiger partial charge in [-0.05, 0) is 49.7 Å². The Kier molecular flexibility index (Phi) is 5.10. The molecule has 0 saturated heterocycles. The van der Waals surface area contributed by atoms with Crippen LogP contribution in [0.15, 0.2) is 22.7 Å². The van der Waals surface area contributed by atoms with Crippen molar-refractivity contribution in [1.82, 2.24) is 0 Å². The van der Waals surface area contributed by atoms with E-state index >= 15 is 0 Å². The summed E-state index contributed by atoms with van der Waals surface area (Å²) >= 11 is 3.17. The number of hydrogen-bond acceptors (Lipinski definition) is 5. The Labute approximate surface area is 125 Å². The van der Waals surface area contributed by atoms with Crippen molar-refractivity contribution in [3.05, 3.63) is 32.8 Å². The number of nitro groups is 1. The zero-order valence-electron chi connectivity index (χ0n) is 11.7. The predicted molar refractivity (Wildman–Crippen MR) is 76.7 cm³/mol. The number of nitro benzene ring substituents is 1. The van der Waals surface area contributed by atoms with Gasteiger partial charge in [0.25, 0.3) is 0 Å². The maximum absolute atomic E-state index is 11.8. The molecule has 0 amide bonds. The molecule has 1 aromatic rings. The van der Waals surface area contributed by atoms with Crippen molar-refractivity contribution >= 4 is 27.6 Å². The minimum atomic E-state index is -0.952. The van der Waals surface area contributed by atoms with Crippen LogP contribution in [0.5, 0.6) is 5.75 Å². The predicted octanol–water partition coefficient (Wildman–Crippen LogP) is 3.47. The van der Waals surface area contributed by atoms with Crippen molar-refractivity contribution < 1.29 is 19.2 Å². The number of carbonyl (C=O) groups excluding carboxylic acids is 1. The average molecular weight is 346 g/mol. The van der Waals surface area contributed by atoms with E-state index in [0.717, 1.165) is 0 Å². The maximum atomic E-state index is 11.8. The van der Waals surface area contributed by atoms with Gasteiger partial charge in [-0.2, -0.15) is 0 Å². The van der Waals surface area contributed by atoms with E-state index in [4.69, 9.17) is 9.47 Å². The Hall–Kier alpha value is -1.63. The molecule has 1 unspecified atom stereocenters. The number of halogens is 1. The molecule has 0 aliphatic heterocycles. The highest BCUT2D eigenvalue weighted by molar-refractivity contribution is 9.10. The van der Waals surface area contributed by atoms with Crippen LogP contribution in [0.2, 0.25) is 0 Å². The zero-order valence-corrected chi connectivity index (χ0v) is 13.3. The van der Waals surface area contributed by atoms with Crippen LogP contribution in [-0.4, -0.2) is 22.6 Å². The Balaban J connectivity index is 2.93. The van der Waals surface area contributed by atoms with E-state index in [2.05, 4.69) is 15.9 Å². The van der Waals surface area contributed by atoms with Crippen LogP contribution < -0.4 is 4.74 Å². The molecule has 20 heavy (non-hydrogen) atoms. The van der Waals surface area contributed by atoms with Crippen LogP contribution in [0, 0.1) is 10.1 Å². The summed E-state index contributed by atoms with van der Waals surface area (Å²) in [5.41, 5.74) is -0.857. The van der Waals surface area contributed by atoms with E-state index in [0.29, 0.717) is 4.47 Å². The lowest BCUT2D eigenvalue weighted by molar-refractivity contribution is -0.386. The van der Waals surface area contributed by atoms with Gasteiger partial charge in [0.05, 0.1) is 9.40 Å². The second-order valence-electron chi connectivity index (χ2n) is 5.14. The molecule has 1 atom stereocenters. The van der Waals surface area contributed by atoms with Gasteiger partial charge in [0.15, 0.2) is 6.10 Å². The number of nitrogens with zero attached hydrogens (tertiary/aromatic N) is 1. The van der Waals surface area contributed by atoms with Crippen molar-refractivity contribution in [3.8, 4) is 5.75 Å². The lowest BCUT2D eigenvalue weighted by Gasteiger charge is -2.22. The van der Waals surface area contributed by atoms with Crippen molar-refractivity contribution in [1.29, 1.82) is 0 Å². The molecule has 6 nitrogen and oxygen atoms in total. The number of para-hydroxylation sites is 1. The van der Waals surface area contributed by atoms with E-state index in [-0.39, 0.29) is 11.4 Å². The largest absolute Gasteiger partial charge is 0.471 e. The Morgan fingerprint density at radius 3 is 2.50 bits per heavy atom. The molecule has 0 aliphatic carbocycles. The highest BCUT2D eigenvalue weighted by Crippen LogP contribution is 2.35. The molecule has 110 valence electrons. The van der Waals surface area contributed by atoms with E-state index in [1.807, 2.05) is 0 Å². The Morgan fingerprint density at radius 1 is 1.40 bits per heavy atom. The molecule has 0 bridgehead atoms.